The topological polar surface area (TPSA) is 13.0 Å². The Morgan fingerprint density at radius 3 is 1.54 bits per heavy atom. The van der Waals surface area contributed by atoms with Crippen LogP contribution in [0.4, 0.5) is 62.6 Å². The fourth-order valence-electron chi connectivity index (χ4n) is 15.6. The van der Waals surface area contributed by atoms with Crippen molar-refractivity contribution < 1.29 is 0 Å². The Balaban J connectivity index is 0.885. The summed E-state index contributed by atoms with van der Waals surface area (Å²) in [5.41, 5.74) is 29.0. The lowest BCUT2D eigenvalue weighted by Gasteiger charge is -2.49. The minimum absolute atomic E-state index is 0.0102. The van der Waals surface area contributed by atoms with Gasteiger partial charge in [0.1, 0.15) is 0 Å². The molecule has 13 aromatic carbocycles. The van der Waals surface area contributed by atoms with E-state index >= 15 is 0 Å². The number of allylic oxidation sites excluding steroid dienone is 2. The predicted molar refractivity (Wildman–Crippen MR) is 411 cm³/mol. The first kappa shape index (κ1) is 58.0. The van der Waals surface area contributed by atoms with E-state index in [0.29, 0.717) is 0 Å². The standard InChI is InChI=1S/C88H66B2N4S2/c1-88(2,3)64-48-44-62(45-49-64)72-38-19-22-41-77(72)94-79-58-83-76(57-75(79)90-74-40-21-24-43-82(74)95-84-55-70(54-81(94)87(84)90)91(65-31-13-6-14-32-65)66-33-15-7-16-34-66)89-73-39-20-23-42-78(73)93(67-35-17-8-18-36-67)80-53-71(56-85(96-83)86(80)89)92(68-50-46-61(47-51-68)59-26-9-4-10-27-59)69-37-25-30-63(52-69)60-28-11-5-12-29-60/h4-58,76,83H,1-3H3. The molecule has 18 rings (SSSR count). The zero-order valence-corrected chi connectivity index (χ0v) is 55.3. The molecule has 0 radical (unpaired) electrons. The third-order valence-corrected chi connectivity index (χ3v) is 22.5. The van der Waals surface area contributed by atoms with Crippen molar-refractivity contribution in [2.45, 2.75) is 51.9 Å². The normalized spacial score (nSPS) is 15.4. The molecular weight excluding hydrogens is 1200 g/mol. The van der Waals surface area contributed by atoms with Crippen molar-refractivity contribution in [3.05, 3.63) is 350 Å². The van der Waals surface area contributed by atoms with Crippen molar-refractivity contribution in [2.75, 3.05) is 19.6 Å². The molecule has 0 amide bonds. The summed E-state index contributed by atoms with van der Waals surface area (Å²) in [4.78, 5) is 14.0. The molecule has 96 heavy (non-hydrogen) atoms. The summed E-state index contributed by atoms with van der Waals surface area (Å²) in [5.74, 6) is 0.0915. The molecule has 0 saturated heterocycles. The maximum atomic E-state index is 2.77. The SMILES string of the molecule is CC(C)(C)c1ccc(-c2ccccc2N2C3=CC4Sc5cc(N(c6ccc(-c7ccccc7)cc6)c6cccc(-c7ccccc7)c6)cc6c5B(c5ccccc5N6c5ccccc5)C4C=C3B3c4ccccc4Sc4cc(N(c5ccccc5)c5ccccc5)cc2c43)cc1. The van der Waals surface area contributed by atoms with Gasteiger partial charge in [-0.15, -0.1) is 11.8 Å². The lowest BCUT2D eigenvalue weighted by Crippen LogP contribution is -2.59. The van der Waals surface area contributed by atoms with Gasteiger partial charge >= 0.3 is 0 Å². The number of thioether (sulfide) groups is 1. The number of rotatable bonds is 11. The molecule has 0 saturated carbocycles. The third-order valence-electron chi connectivity index (χ3n) is 20.0. The van der Waals surface area contributed by atoms with Crippen molar-refractivity contribution in [3.63, 3.8) is 0 Å². The van der Waals surface area contributed by atoms with Crippen LogP contribution in [-0.2, 0) is 5.41 Å². The van der Waals surface area contributed by atoms with Crippen molar-refractivity contribution in [1.29, 1.82) is 0 Å². The highest BCUT2D eigenvalue weighted by molar-refractivity contribution is 8.00. The second kappa shape index (κ2) is 23.7. The van der Waals surface area contributed by atoms with Crippen molar-refractivity contribution in [3.8, 4) is 33.4 Å². The summed E-state index contributed by atoms with van der Waals surface area (Å²) in [6.45, 7) is 6.90. The predicted octanol–water partition coefficient (Wildman–Crippen LogP) is 21.5. The highest BCUT2D eigenvalue weighted by Crippen LogP contribution is 2.56. The number of anilines is 11. The van der Waals surface area contributed by atoms with Crippen LogP contribution in [0.1, 0.15) is 26.3 Å². The van der Waals surface area contributed by atoms with Gasteiger partial charge in [0.2, 0.25) is 13.4 Å². The first-order valence-electron chi connectivity index (χ1n) is 33.4. The molecule has 456 valence electrons. The number of fused-ring (bicyclic) bond motifs is 8. The van der Waals surface area contributed by atoms with Gasteiger partial charge in [-0.1, -0.05) is 262 Å². The number of nitrogens with zero attached hydrogens (tertiary/aromatic N) is 4. The lowest BCUT2D eigenvalue weighted by atomic mass is 9.28. The minimum Gasteiger partial charge on any atom is -0.311 e. The summed E-state index contributed by atoms with van der Waals surface area (Å²) in [6, 6.07) is 120. The van der Waals surface area contributed by atoms with Crippen LogP contribution >= 0.6 is 23.5 Å². The van der Waals surface area contributed by atoms with E-state index in [4.69, 9.17) is 0 Å². The van der Waals surface area contributed by atoms with Gasteiger partial charge in [0, 0.05) is 88.1 Å². The van der Waals surface area contributed by atoms with Crippen LogP contribution in [0.2, 0.25) is 5.82 Å². The summed E-state index contributed by atoms with van der Waals surface area (Å²) in [7, 11) is 0. The van der Waals surface area contributed by atoms with E-state index in [1.54, 1.807) is 0 Å². The maximum absolute atomic E-state index is 2.77. The number of para-hydroxylation sites is 5. The van der Waals surface area contributed by atoms with Crippen LogP contribution in [-0.4, -0.2) is 18.7 Å². The Bertz CT molecular complexity index is 5150. The fraction of sp³-hybridized carbons (Fsp3) is 0.0682. The molecule has 5 aliphatic rings. The van der Waals surface area contributed by atoms with E-state index in [1.165, 1.54) is 104 Å². The largest absolute Gasteiger partial charge is 0.311 e. The first-order chi connectivity index (χ1) is 47.3. The molecule has 13 aromatic rings. The van der Waals surface area contributed by atoms with Crippen LogP contribution in [0.5, 0.6) is 0 Å². The van der Waals surface area contributed by atoms with E-state index in [1.807, 2.05) is 23.5 Å². The Labute approximate surface area is 572 Å². The van der Waals surface area contributed by atoms with Crippen molar-refractivity contribution >= 4 is 121 Å². The number of hydrogen-bond donors (Lipinski definition) is 0. The van der Waals surface area contributed by atoms with Gasteiger partial charge in [-0.2, -0.15) is 0 Å². The third kappa shape index (κ3) is 9.96. The second-order valence-electron chi connectivity index (χ2n) is 26.7. The van der Waals surface area contributed by atoms with Gasteiger partial charge < -0.3 is 19.6 Å². The minimum atomic E-state index is -0.0357. The molecule has 8 heteroatoms. The Kier molecular flexibility index (Phi) is 14.3. The second-order valence-corrected chi connectivity index (χ2v) is 29.0. The van der Waals surface area contributed by atoms with E-state index in [-0.39, 0.29) is 29.9 Å². The van der Waals surface area contributed by atoms with Gasteiger partial charge in [-0.3, -0.25) is 0 Å². The maximum Gasteiger partial charge on any atom is 0.249 e. The van der Waals surface area contributed by atoms with E-state index < -0.39 is 0 Å². The number of benzene rings is 13. The van der Waals surface area contributed by atoms with Crippen LogP contribution in [0.15, 0.2) is 360 Å². The van der Waals surface area contributed by atoms with Crippen molar-refractivity contribution in [1.82, 2.24) is 0 Å². The van der Waals surface area contributed by atoms with Crippen LogP contribution in [0, 0.1) is 0 Å². The fourth-order valence-corrected chi connectivity index (χ4v) is 18.3. The average molecular weight is 1270 g/mol. The van der Waals surface area contributed by atoms with Gasteiger partial charge in [0.25, 0.3) is 0 Å². The monoisotopic (exact) mass is 1260 g/mol. The molecule has 4 nitrogen and oxygen atoms in total. The summed E-state index contributed by atoms with van der Waals surface area (Å²) in [5, 5.41) is 0.0315. The summed E-state index contributed by atoms with van der Waals surface area (Å²) >= 11 is 3.96. The quantitative estimate of drug-likeness (QED) is 0.119. The van der Waals surface area contributed by atoms with Crippen LogP contribution in [0.3, 0.4) is 0 Å². The van der Waals surface area contributed by atoms with Gasteiger partial charge in [0.15, 0.2) is 0 Å². The van der Waals surface area contributed by atoms with E-state index in [2.05, 4.69) is 374 Å². The van der Waals surface area contributed by atoms with Crippen LogP contribution in [0.25, 0.3) is 33.4 Å². The molecule has 0 aromatic heterocycles. The summed E-state index contributed by atoms with van der Waals surface area (Å²) in [6.07, 6.45) is 5.48. The molecule has 0 spiro atoms. The molecular formula is C88H66B2N4S2. The Morgan fingerprint density at radius 1 is 0.354 bits per heavy atom. The van der Waals surface area contributed by atoms with Gasteiger partial charge in [0.05, 0.1) is 5.69 Å². The smallest absolute Gasteiger partial charge is 0.249 e. The van der Waals surface area contributed by atoms with Gasteiger partial charge in [-0.05, 0) is 176 Å². The highest BCUT2D eigenvalue weighted by atomic mass is 32.2. The molecule has 2 atom stereocenters. The molecule has 0 fully saturated rings. The van der Waals surface area contributed by atoms with E-state index in [0.717, 1.165) is 45.5 Å². The molecule has 2 unspecified atom stereocenters. The lowest BCUT2D eigenvalue weighted by molar-refractivity contribution is 0.590. The molecule has 1 aliphatic carbocycles. The van der Waals surface area contributed by atoms with E-state index in [9.17, 15) is 0 Å². The molecule has 0 N–H and O–H groups in total. The van der Waals surface area contributed by atoms with Gasteiger partial charge in [-0.25, -0.2) is 0 Å². The summed E-state index contributed by atoms with van der Waals surface area (Å²) < 4.78 is 0. The van der Waals surface area contributed by atoms with Crippen LogP contribution < -0.4 is 41.5 Å². The average Bonchev–Trinajstić information content (AvgIpc) is 0.694. The number of hydrogen-bond acceptors (Lipinski definition) is 6. The van der Waals surface area contributed by atoms with Crippen molar-refractivity contribution in [2.24, 2.45) is 0 Å². The molecule has 0 bridgehead atoms. The highest BCUT2D eigenvalue weighted by Gasteiger charge is 2.52. The first-order valence-corrected chi connectivity index (χ1v) is 35.1. The Hall–Kier alpha value is -10.6. The zero-order chi connectivity index (χ0) is 64.0. The Morgan fingerprint density at radius 2 is 0.865 bits per heavy atom. The zero-order valence-electron chi connectivity index (χ0n) is 53.7. The molecule has 4 heterocycles. The molecule has 4 aliphatic heterocycles.